The molecule has 2 saturated heterocycles. The van der Waals surface area contributed by atoms with E-state index in [1.165, 1.54) is 18.5 Å². The van der Waals surface area contributed by atoms with Gasteiger partial charge in [0.2, 0.25) is 0 Å². The fourth-order valence-electron chi connectivity index (χ4n) is 4.53. The minimum absolute atomic E-state index is 0.0860. The molecule has 0 bridgehead atoms. The molecule has 2 fully saturated rings. The Morgan fingerprint density at radius 1 is 0.912 bits per heavy atom. The fraction of sp³-hybridized carbons (Fsp3) is 0.440. The molecule has 0 spiro atoms. The van der Waals surface area contributed by atoms with Gasteiger partial charge in [-0.05, 0) is 44.1 Å². The van der Waals surface area contributed by atoms with Crippen molar-refractivity contribution in [1.82, 2.24) is 9.80 Å². The number of carboxylic acids is 2. The number of piperidine rings is 1. The van der Waals surface area contributed by atoms with Crippen LogP contribution in [0.5, 0.6) is 5.75 Å². The van der Waals surface area contributed by atoms with Crippen molar-refractivity contribution in [2.75, 3.05) is 51.3 Å². The maximum absolute atomic E-state index is 13.9. The monoisotopic (exact) mass is 473 g/mol. The number of anilines is 1. The second-order valence-corrected chi connectivity index (χ2v) is 8.40. The maximum Gasteiger partial charge on any atom is 0.414 e. The van der Waals surface area contributed by atoms with E-state index in [4.69, 9.17) is 24.5 Å². The van der Waals surface area contributed by atoms with Crippen molar-refractivity contribution in [1.29, 1.82) is 0 Å². The van der Waals surface area contributed by atoms with E-state index in [9.17, 15) is 4.39 Å². The zero-order chi connectivity index (χ0) is 24.5. The minimum atomic E-state index is -1.82. The highest BCUT2D eigenvalue weighted by molar-refractivity contribution is 6.27. The summed E-state index contributed by atoms with van der Waals surface area (Å²) in [5, 5.41) is 14.8. The molecule has 0 radical (unpaired) electrons. The first-order valence-electron chi connectivity index (χ1n) is 11.4. The lowest BCUT2D eigenvalue weighted by Gasteiger charge is -2.43. The van der Waals surface area contributed by atoms with Gasteiger partial charge in [0.1, 0.15) is 11.6 Å². The average Bonchev–Trinajstić information content (AvgIpc) is 2.86. The Kier molecular flexibility index (Phi) is 9.24. The van der Waals surface area contributed by atoms with Crippen LogP contribution >= 0.6 is 0 Å². The van der Waals surface area contributed by atoms with Crippen molar-refractivity contribution in [3.63, 3.8) is 0 Å². The second kappa shape index (κ2) is 12.3. The fourth-order valence-corrected chi connectivity index (χ4v) is 4.53. The zero-order valence-corrected chi connectivity index (χ0v) is 19.4. The van der Waals surface area contributed by atoms with Crippen LogP contribution in [0.3, 0.4) is 0 Å². The van der Waals surface area contributed by atoms with Gasteiger partial charge in [-0.2, -0.15) is 0 Å². The van der Waals surface area contributed by atoms with Gasteiger partial charge in [-0.25, -0.2) is 14.0 Å². The Balaban J connectivity index is 0.000000481. The Bertz CT molecular complexity index is 945. The van der Waals surface area contributed by atoms with Crippen LogP contribution in [-0.4, -0.2) is 84.4 Å². The summed E-state index contributed by atoms with van der Waals surface area (Å²) in [6.07, 6.45) is 2.34. The van der Waals surface area contributed by atoms with Crippen LogP contribution in [0.1, 0.15) is 18.4 Å². The van der Waals surface area contributed by atoms with Gasteiger partial charge in [0, 0.05) is 44.3 Å². The number of hydrogen-bond acceptors (Lipinski definition) is 6. The first-order chi connectivity index (χ1) is 16.4. The first kappa shape index (κ1) is 25.5. The van der Waals surface area contributed by atoms with E-state index >= 15 is 0 Å². The Hall–Kier alpha value is -3.17. The molecule has 184 valence electrons. The van der Waals surface area contributed by atoms with Crippen LogP contribution < -0.4 is 9.64 Å². The number of carbonyl (C=O) groups is 2. The largest absolute Gasteiger partial charge is 0.495 e. The maximum atomic E-state index is 13.9. The van der Waals surface area contributed by atoms with Crippen molar-refractivity contribution in [3.8, 4) is 5.75 Å². The topological polar surface area (TPSA) is 93.5 Å². The number of ether oxygens (including phenoxy) is 1. The molecule has 2 aromatic carbocycles. The van der Waals surface area contributed by atoms with Crippen molar-refractivity contribution < 1.29 is 28.9 Å². The van der Waals surface area contributed by atoms with Gasteiger partial charge in [0.05, 0.1) is 12.8 Å². The highest BCUT2D eigenvalue weighted by atomic mass is 19.1. The van der Waals surface area contributed by atoms with Gasteiger partial charge in [-0.1, -0.05) is 30.3 Å². The third-order valence-electron chi connectivity index (χ3n) is 6.35. The standard InChI is InChI=1S/C23H30FN3O.C2H2O4/c1-28-23-9-5-4-8-22(23)27-16-14-26(15-17-27)20-10-12-25(13-11-20)18-19-6-2-3-7-21(19)24;3-1(4)2(5)6/h2-9,20H,10-18H2,1H3;(H,3,4)(H,5,6). The summed E-state index contributed by atoms with van der Waals surface area (Å²) in [5.74, 6) is -2.78. The smallest absolute Gasteiger partial charge is 0.414 e. The molecule has 2 aliphatic rings. The van der Waals surface area contributed by atoms with Gasteiger partial charge < -0.3 is 19.8 Å². The molecule has 4 rings (SSSR count). The molecule has 0 aliphatic carbocycles. The number of carboxylic acid groups (broad SMARTS) is 2. The third kappa shape index (κ3) is 6.91. The summed E-state index contributed by atoms with van der Waals surface area (Å²) in [4.78, 5) is 25.7. The van der Waals surface area contributed by atoms with Crippen molar-refractivity contribution in [3.05, 3.63) is 59.9 Å². The number of methoxy groups -OCH3 is 1. The van der Waals surface area contributed by atoms with E-state index in [2.05, 4.69) is 26.8 Å². The number of piperazine rings is 1. The summed E-state index contributed by atoms with van der Waals surface area (Å²) in [6, 6.07) is 16.1. The van der Waals surface area contributed by atoms with E-state index in [0.717, 1.165) is 57.1 Å². The summed E-state index contributed by atoms with van der Waals surface area (Å²) < 4.78 is 19.4. The molecule has 0 aromatic heterocycles. The van der Waals surface area contributed by atoms with Crippen molar-refractivity contribution >= 4 is 17.6 Å². The van der Waals surface area contributed by atoms with Gasteiger partial charge in [0.25, 0.3) is 0 Å². The Morgan fingerprint density at radius 3 is 2.09 bits per heavy atom. The molecule has 0 atom stereocenters. The highest BCUT2D eigenvalue weighted by Crippen LogP contribution is 2.29. The first-order valence-corrected chi connectivity index (χ1v) is 11.4. The number of aliphatic carboxylic acids is 2. The molecular weight excluding hydrogens is 441 g/mol. The zero-order valence-electron chi connectivity index (χ0n) is 19.4. The van der Waals surface area contributed by atoms with Crippen LogP contribution in [-0.2, 0) is 16.1 Å². The summed E-state index contributed by atoms with van der Waals surface area (Å²) in [5.41, 5.74) is 2.01. The van der Waals surface area contributed by atoms with E-state index in [1.54, 1.807) is 19.2 Å². The lowest BCUT2D eigenvalue weighted by Crippen LogP contribution is -2.53. The van der Waals surface area contributed by atoms with E-state index in [-0.39, 0.29) is 5.82 Å². The number of benzene rings is 2. The molecule has 8 nitrogen and oxygen atoms in total. The van der Waals surface area contributed by atoms with Crippen molar-refractivity contribution in [2.45, 2.75) is 25.4 Å². The van der Waals surface area contributed by atoms with E-state index in [0.29, 0.717) is 6.04 Å². The van der Waals surface area contributed by atoms with Gasteiger partial charge in [0.15, 0.2) is 0 Å². The van der Waals surface area contributed by atoms with Crippen LogP contribution in [0.15, 0.2) is 48.5 Å². The number of halogens is 1. The summed E-state index contributed by atoms with van der Waals surface area (Å²) in [6.45, 7) is 7.08. The van der Waals surface area contributed by atoms with Gasteiger partial charge in [-0.3, -0.25) is 9.80 Å². The van der Waals surface area contributed by atoms with Crippen LogP contribution in [0.4, 0.5) is 10.1 Å². The predicted molar refractivity (Wildman–Crippen MR) is 127 cm³/mol. The third-order valence-corrected chi connectivity index (χ3v) is 6.35. The average molecular weight is 474 g/mol. The lowest BCUT2D eigenvalue weighted by atomic mass is 10.0. The Morgan fingerprint density at radius 2 is 1.50 bits per heavy atom. The number of rotatable bonds is 5. The summed E-state index contributed by atoms with van der Waals surface area (Å²) in [7, 11) is 1.74. The molecule has 34 heavy (non-hydrogen) atoms. The van der Waals surface area contributed by atoms with Crippen LogP contribution in [0.2, 0.25) is 0 Å². The quantitative estimate of drug-likeness (QED) is 0.641. The number of para-hydroxylation sites is 2. The molecule has 0 amide bonds. The SMILES string of the molecule is COc1ccccc1N1CCN(C2CCN(Cc3ccccc3F)CC2)CC1.O=C(O)C(=O)O. The van der Waals surface area contributed by atoms with E-state index < -0.39 is 11.9 Å². The number of nitrogens with zero attached hydrogens (tertiary/aromatic N) is 3. The molecule has 0 unspecified atom stereocenters. The number of likely N-dealkylation sites (tertiary alicyclic amines) is 1. The van der Waals surface area contributed by atoms with Crippen LogP contribution in [0.25, 0.3) is 0 Å². The Labute approximate surface area is 199 Å². The predicted octanol–water partition coefficient (Wildman–Crippen LogP) is 2.78. The van der Waals surface area contributed by atoms with Gasteiger partial charge >= 0.3 is 11.9 Å². The van der Waals surface area contributed by atoms with Crippen LogP contribution in [0, 0.1) is 5.82 Å². The van der Waals surface area contributed by atoms with Crippen molar-refractivity contribution in [2.24, 2.45) is 0 Å². The minimum Gasteiger partial charge on any atom is -0.495 e. The second-order valence-electron chi connectivity index (χ2n) is 8.40. The molecule has 2 aromatic rings. The molecule has 2 N–H and O–H groups in total. The molecular formula is C25H32FN3O5. The van der Waals surface area contributed by atoms with Gasteiger partial charge in [-0.15, -0.1) is 0 Å². The van der Waals surface area contributed by atoms with E-state index in [1.807, 2.05) is 24.3 Å². The molecule has 2 aliphatic heterocycles. The number of hydrogen-bond donors (Lipinski definition) is 2. The molecule has 0 saturated carbocycles. The normalized spacial score (nSPS) is 17.5. The summed E-state index contributed by atoms with van der Waals surface area (Å²) >= 11 is 0. The lowest BCUT2D eigenvalue weighted by molar-refractivity contribution is -0.159. The molecule has 2 heterocycles. The highest BCUT2D eigenvalue weighted by Gasteiger charge is 2.28. The molecule has 9 heteroatoms.